The summed E-state index contributed by atoms with van der Waals surface area (Å²) < 4.78 is 0. The van der Waals surface area contributed by atoms with Crippen LogP contribution in [0.2, 0.25) is 0 Å². The fourth-order valence-corrected chi connectivity index (χ4v) is 1.70. The lowest BCUT2D eigenvalue weighted by molar-refractivity contribution is -0.384. The number of rotatable bonds is 5. The molecule has 0 saturated carbocycles. The number of benzene rings is 1. The third-order valence-electron chi connectivity index (χ3n) is 3.98. The number of hydrogen-bond donors (Lipinski definition) is 2. The van der Waals surface area contributed by atoms with E-state index in [9.17, 15) is 20.0 Å². The zero-order chi connectivity index (χ0) is 15.7. The molecule has 1 aromatic carbocycles. The SMILES string of the molecule is Cc1cccc([N+](=O)[O-])c1NC(C)(C)C(C)(C)C(=O)O. The molecule has 0 aliphatic rings. The van der Waals surface area contributed by atoms with E-state index >= 15 is 0 Å². The third kappa shape index (κ3) is 2.74. The molecule has 6 nitrogen and oxygen atoms in total. The highest BCUT2D eigenvalue weighted by molar-refractivity contribution is 5.77. The molecular formula is C14H20N2O4. The largest absolute Gasteiger partial charge is 0.481 e. The summed E-state index contributed by atoms with van der Waals surface area (Å²) in [4.78, 5) is 22.0. The number of anilines is 1. The molecule has 20 heavy (non-hydrogen) atoms. The van der Waals surface area contributed by atoms with Gasteiger partial charge in [-0.1, -0.05) is 12.1 Å². The van der Waals surface area contributed by atoms with Crippen LogP contribution in [0, 0.1) is 22.5 Å². The molecule has 0 atom stereocenters. The summed E-state index contributed by atoms with van der Waals surface area (Å²) in [5.74, 6) is -0.966. The maximum Gasteiger partial charge on any atom is 0.311 e. The van der Waals surface area contributed by atoms with Gasteiger partial charge in [-0.2, -0.15) is 0 Å². The molecule has 0 amide bonds. The molecular weight excluding hydrogens is 260 g/mol. The van der Waals surface area contributed by atoms with Crippen molar-refractivity contribution in [3.63, 3.8) is 0 Å². The Morgan fingerprint density at radius 3 is 2.30 bits per heavy atom. The number of aliphatic carboxylic acids is 1. The first-order valence-electron chi connectivity index (χ1n) is 6.26. The summed E-state index contributed by atoms with van der Waals surface area (Å²) >= 11 is 0. The molecule has 0 spiro atoms. The standard InChI is InChI=1S/C14H20N2O4/c1-9-7-6-8-10(16(19)20)11(9)15-14(4,5)13(2,3)12(17)18/h6-8,15H,1-5H3,(H,17,18). The van der Waals surface area contributed by atoms with E-state index in [2.05, 4.69) is 5.32 Å². The lowest BCUT2D eigenvalue weighted by atomic mass is 9.74. The van der Waals surface area contributed by atoms with Crippen LogP contribution in [0.15, 0.2) is 18.2 Å². The number of nitrogens with zero attached hydrogens (tertiary/aromatic N) is 1. The topological polar surface area (TPSA) is 92.5 Å². The Balaban J connectivity index is 3.29. The summed E-state index contributed by atoms with van der Waals surface area (Å²) in [7, 11) is 0. The molecule has 0 heterocycles. The van der Waals surface area contributed by atoms with E-state index in [1.54, 1.807) is 46.8 Å². The zero-order valence-electron chi connectivity index (χ0n) is 12.4. The highest BCUT2D eigenvalue weighted by Crippen LogP contribution is 2.37. The van der Waals surface area contributed by atoms with Gasteiger partial charge in [0.25, 0.3) is 5.69 Å². The van der Waals surface area contributed by atoms with E-state index in [-0.39, 0.29) is 5.69 Å². The van der Waals surface area contributed by atoms with Crippen LogP contribution in [-0.2, 0) is 4.79 Å². The zero-order valence-corrected chi connectivity index (χ0v) is 12.4. The number of para-hydroxylation sites is 1. The van der Waals surface area contributed by atoms with Crippen molar-refractivity contribution in [3.8, 4) is 0 Å². The van der Waals surface area contributed by atoms with Crippen molar-refractivity contribution in [2.75, 3.05) is 5.32 Å². The van der Waals surface area contributed by atoms with Crippen LogP contribution in [0.25, 0.3) is 0 Å². The van der Waals surface area contributed by atoms with Crippen LogP contribution >= 0.6 is 0 Å². The lowest BCUT2D eigenvalue weighted by Crippen LogP contribution is -2.50. The van der Waals surface area contributed by atoms with Crippen molar-refractivity contribution in [2.45, 2.75) is 40.2 Å². The lowest BCUT2D eigenvalue weighted by Gasteiger charge is -2.39. The van der Waals surface area contributed by atoms with Crippen LogP contribution in [-0.4, -0.2) is 21.5 Å². The van der Waals surface area contributed by atoms with Gasteiger partial charge in [0.05, 0.1) is 10.3 Å². The van der Waals surface area contributed by atoms with Crippen LogP contribution in [0.4, 0.5) is 11.4 Å². The average Bonchev–Trinajstić information content (AvgIpc) is 2.30. The Hall–Kier alpha value is -2.11. The van der Waals surface area contributed by atoms with E-state index in [1.165, 1.54) is 6.07 Å². The number of carboxylic acids is 1. The molecule has 6 heteroatoms. The van der Waals surface area contributed by atoms with Crippen molar-refractivity contribution in [2.24, 2.45) is 5.41 Å². The quantitative estimate of drug-likeness (QED) is 0.638. The Morgan fingerprint density at radius 2 is 1.85 bits per heavy atom. The molecule has 1 rings (SSSR count). The Morgan fingerprint density at radius 1 is 1.30 bits per heavy atom. The van der Waals surface area contributed by atoms with Crippen LogP contribution < -0.4 is 5.32 Å². The van der Waals surface area contributed by atoms with Crippen LogP contribution in [0.5, 0.6) is 0 Å². The van der Waals surface area contributed by atoms with E-state index in [0.29, 0.717) is 11.3 Å². The van der Waals surface area contributed by atoms with Crippen molar-refractivity contribution < 1.29 is 14.8 Å². The maximum absolute atomic E-state index is 11.4. The minimum Gasteiger partial charge on any atom is -0.481 e. The molecule has 0 aliphatic heterocycles. The van der Waals surface area contributed by atoms with Gasteiger partial charge in [-0.15, -0.1) is 0 Å². The average molecular weight is 280 g/mol. The monoisotopic (exact) mass is 280 g/mol. The fraction of sp³-hybridized carbons (Fsp3) is 0.500. The van der Waals surface area contributed by atoms with Gasteiger partial charge in [0.1, 0.15) is 5.69 Å². The number of aryl methyl sites for hydroxylation is 1. The molecule has 0 radical (unpaired) electrons. The fourth-order valence-electron chi connectivity index (χ4n) is 1.70. The minimum atomic E-state index is -1.09. The smallest absolute Gasteiger partial charge is 0.311 e. The number of hydrogen-bond acceptors (Lipinski definition) is 4. The molecule has 0 aliphatic carbocycles. The predicted octanol–water partition coefficient (Wildman–Crippen LogP) is 3.20. The molecule has 1 aromatic rings. The van der Waals surface area contributed by atoms with Crippen molar-refractivity contribution in [1.29, 1.82) is 0 Å². The van der Waals surface area contributed by atoms with Crippen LogP contribution in [0.3, 0.4) is 0 Å². The van der Waals surface area contributed by atoms with Gasteiger partial charge in [0, 0.05) is 11.6 Å². The minimum absolute atomic E-state index is 0.0562. The number of nitro benzene ring substituents is 1. The molecule has 110 valence electrons. The molecule has 0 bridgehead atoms. The van der Waals surface area contributed by atoms with Crippen molar-refractivity contribution >= 4 is 17.3 Å². The highest BCUT2D eigenvalue weighted by atomic mass is 16.6. The maximum atomic E-state index is 11.4. The first-order chi connectivity index (χ1) is 9.00. The van der Waals surface area contributed by atoms with Gasteiger partial charge in [0.15, 0.2) is 0 Å². The Labute approximate surface area is 118 Å². The molecule has 0 aromatic heterocycles. The van der Waals surface area contributed by atoms with Gasteiger partial charge in [-0.3, -0.25) is 14.9 Å². The normalized spacial score (nSPS) is 12.1. The summed E-state index contributed by atoms with van der Waals surface area (Å²) in [6.07, 6.45) is 0. The molecule has 2 N–H and O–H groups in total. The summed E-state index contributed by atoms with van der Waals surface area (Å²) in [5, 5.41) is 23.5. The Bertz CT molecular complexity index is 550. The second kappa shape index (κ2) is 5.11. The number of nitro groups is 1. The number of carboxylic acid groups (broad SMARTS) is 1. The van der Waals surface area contributed by atoms with Gasteiger partial charge >= 0.3 is 5.97 Å². The highest BCUT2D eigenvalue weighted by Gasteiger charge is 2.44. The second-order valence-electron chi connectivity index (χ2n) is 5.91. The predicted molar refractivity (Wildman–Crippen MR) is 77.0 cm³/mol. The van der Waals surface area contributed by atoms with E-state index in [0.717, 1.165) is 0 Å². The van der Waals surface area contributed by atoms with Gasteiger partial charge in [0.2, 0.25) is 0 Å². The Kier molecular flexibility index (Phi) is 4.07. The summed E-state index contributed by atoms with van der Waals surface area (Å²) in [6, 6.07) is 4.76. The van der Waals surface area contributed by atoms with E-state index in [4.69, 9.17) is 0 Å². The van der Waals surface area contributed by atoms with Gasteiger partial charge < -0.3 is 10.4 Å². The van der Waals surface area contributed by atoms with Gasteiger partial charge in [-0.05, 0) is 40.2 Å². The van der Waals surface area contributed by atoms with Crippen LogP contribution in [0.1, 0.15) is 33.3 Å². The first-order valence-corrected chi connectivity index (χ1v) is 6.26. The second-order valence-corrected chi connectivity index (χ2v) is 5.91. The van der Waals surface area contributed by atoms with Crippen molar-refractivity contribution in [3.05, 3.63) is 33.9 Å². The summed E-state index contributed by atoms with van der Waals surface area (Å²) in [6.45, 7) is 8.37. The van der Waals surface area contributed by atoms with E-state index < -0.39 is 21.8 Å². The third-order valence-corrected chi connectivity index (χ3v) is 3.98. The van der Waals surface area contributed by atoms with E-state index in [1.807, 2.05) is 0 Å². The number of carbonyl (C=O) groups is 1. The van der Waals surface area contributed by atoms with Gasteiger partial charge in [-0.25, -0.2) is 0 Å². The summed E-state index contributed by atoms with van der Waals surface area (Å²) in [5.41, 5.74) is -0.955. The van der Waals surface area contributed by atoms with Crippen molar-refractivity contribution in [1.82, 2.24) is 0 Å². The molecule has 0 saturated heterocycles. The molecule has 0 unspecified atom stereocenters. The number of nitrogens with one attached hydrogen (secondary N) is 1. The molecule has 0 fully saturated rings. The first kappa shape index (κ1) is 15.9.